The lowest BCUT2D eigenvalue weighted by molar-refractivity contribution is -0.116. The van der Waals surface area contributed by atoms with E-state index >= 15 is 0 Å². The lowest BCUT2D eigenvalue weighted by atomic mass is 10.2. The molecule has 1 N–H and O–H groups in total. The lowest BCUT2D eigenvalue weighted by Gasteiger charge is -2.12. The third-order valence-corrected chi connectivity index (χ3v) is 4.34. The Morgan fingerprint density at radius 3 is 2.88 bits per heavy atom. The summed E-state index contributed by atoms with van der Waals surface area (Å²) in [7, 11) is 0. The first-order chi connectivity index (χ1) is 12.5. The second-order valence-electron chi connectivity index (χ2n) is 6.18. The molecule has 0 bridgehead atoms. The van der Waals surface area contributed by atoms with E-state index in [0.29, 0.717) is 29.1 Å². The van der Waals surface area contributed by atoms with E-state index in [-0.39, 0.29) is 24.6 Å². The number of esters is 1. The van der Waals surface area contributed by atoms with Crippen LogP contribution in [0.5, 0.6) is 0 Å². The fraction of sp³-hybridized carbons (Fsp3) is 0.368. The predicted molar refractivity (Wildman–Crippen MR) is 96.3 cm³/mol. The third-order valence-electron chi connectivity index (χ3n) is 4.34. The Morgan fingerprint density at radius 2 is 2.12 bits per heavy atom. The van der Waals surface area contributed by atoms with Gasteiger partial charge in [-0.25, -0.2) is 9.78 Å². The molecule has 1 amide bonds. The molecule has 1 heterocycles. The smallest absolute Gasteiger partial charge is 0.338 e. The zero-order chi connectivity index (χ0) is 18.7. The van der Waals surface area contributed by atoms with E-state index in [1.165, 1.54) is 4.57 Å². The summed E-state index contributed by atoms with van der Waals surface area (Å²) in [6.45, 7) is 3.63. The van der Waals surface area contributed by atoms with E-state index in [1.807, 2.05) is 0 Å². The van der Waals surface area contributed by atoms with Gasteiger partial charge in [0.05, 0.1) is 17.9 Å². The highest BCUT2D eigenvalue weighted by Crippen LogP contribution is 2.17. The number of aryl methyl sites for hydroxylation is 2. The maximum Gasteiger partial charge on any atom is 0.338 e. The summed E-state index contributed by atoms with van der Waals surface area (Å²) in [5, 5.41) is 2.72. The highest BCUT2D eigenvalue weighted by atomic mass is 16.5. The van der Waals surface area contributed by atoms with Gasteiger partial charge in [-0.2, -0.15) is 0 Å². The van der Waals surface area contributed by atoms with Crippen molar-refractivity contribution in [2.24, 2.45) is 0 Å². The third kappa shape index (κ3) is 3.66. The van der Waals surface area contributed by atoms with Crippen LogP contribution < -0.4 is 10.9 Å². The Balaban J connectivity index is 1.75. The first-order valence-corrected chi connectivity index (χ1v) is 8.65. The van der Waals surface area contributed by atoms with E-state index < -0.39 is 5.97 Å². The van der Waals surface area contributed by atoms with Crippen LogP contribution in [0.15, 0.2) is 29.1 Å². The number of nitrogens with one attached hydrogen (secondary N) is 1. The molecule has 26 heavy (non-hydrogen) atoms. The Kier molecular flexibility index (Phi) is 5.16. The van der Waals surface area contributed by atoms with Gasteiger partial charge in [-0.1, -0.05) is 6.07 Å². The van der Waals surface area contributed by atoms with Crippen LogP contribution in [0.4, 0.5) is 5.69 Å². The summed E-state index contributed by atoms with van der Waals surface area (Å²) in [5.74, 6) is -0.263. The van der Waals surface area contributed by atoms with Gasteiger partial charge in [0.1, 0.15) is 12.4 Å². The molecule has 1 aliphatic carbocycles. The molecule has 0 spiro atoms. The summed E-state index contributed by atoms with van der Waals surface area (Å²) in [6.07, 6.45) is 2.46. The molecule has 7 nitrogen and oxygen atoms in total. The van der Waals surface area contributed by atoms with E-state index in [1.54, 1.807) is 38.1 Å². The van der Waals surface area contributed by atoms with Crippen molar-refractivity contribution in [2.45, 2.75) is 39.7 Å². The summed E-state index contributed by atoms with van der Waals surface area (Å²) in [5.41, 5.74) is 2.26. The first-order valence-electron chi connectivity index (χ1n) is 8.65. The molecule has 0 radical (unpaired) electrons. The zero-order valence-corrected chi connectivity index (χ0v) is 14.9. The second-order valence-corrected chi connectivity index (χ2v) is 6.18. The van der Waals surface area contributed by atoms with Gasteiger partial charge in [-0.3, -0.25) is 14.2 Å². The number of nitrogens with zero attached hydrogens (tertiary/aromatic N) is 2. The lowest BCUT2D eigenvalue weighted by Crippen LogP contribution is -2.32. The molecule has 7 heteroatoms. The monoisotopic (exact) mass is 355 g/mol. The standard InChI is InChI=1S/C19H21N3O4/c1-3-26-19(25)13-6-4-7-14(10-13)21-17(23)11-22-12(2)20-16-9-5-8-15(16)18(22)24/h4,6-7,10H,3,5,8-9,11H2,1-2H3,(H,21,23). The zero-order valence-electron chi connectivity index (χ0n) is 14.9. The normalized spacial score (nSPS) is 12.5. The molecule has 1 aromatic carbocycles. The molecule has 3 rings (SSSR count). The van der Waals surface area contributed by atoms with E-state index in [2.05, 4.69) is 10.3 Å². The van der Waals surface area contributed by atoms with Crippen molar-refractivity contribution in [3.05, 3.63) is 57.3 Å². The molecule has 0 aliphatic heterocycles. The van der Waals surface area contributed by atoms with Crippen LogP contribution in [0.3, 0.4) is 0 Å². The number of anilines is 1. The molecule has 136 valence electrons. The molecule has 0 saturated carbocycles. The largest absolute Gasteiger partial charge is 0.462 e. The molecule has 2 aromatic rings. The van der Waals surface area contributed by atoms with Crippen LogP contribution in [-0.2, 0) is 28.9 Å². The summed E-state index contributed by atoms with van der Waals surface area (Å²) in [4.78, 5) is 41.2. The molecular formula is C19H21N3O4. The highest BCUT2D eigenvalue weighted by Gasteiger charge is 2.20. The van der Waals surface area contributed by atoms with Crippen LogP contribution in [0, 0.1) is 6.92 Å². The van der Waals surface area contributed by atoms with Crippen LogP contribution in [0.25, 0.3) is 0 Å². The van der Waals surface area contributed by atoms with Gasteiger partial charge >= 0.3 is 5.97 Å². The fourth-order valence-corrected chi connectivity index (χ4v) is 3.12. The number of fused-ring (bicyclic) bond motifs is 1. The Bertz CT molecular complexity index is 917. The number of rotatable bonds is 5. The SMILES string of the molecule is CCOC(=O)c1cccc(NC(=O)Cn2c(C)nc3c(c2=O)CCC3)c1. The van der Waals surface area contributed by atoms with Crippen molar-refractivity contribution in [3.8, 4) is 0 Å². The number of benzene rings is 1. The summed E-state index contributed by atoms with van der Waals surface area (Å²) < 4.78 is 6.35. The Hall–Kier alpha value is -2.96. The Morgan fingerprint density at radius 1 is 1.31 bits per heavy atom. The number of hydrogen-bond acceptors (Lipinski definition) is 5. The van der Waals surface area contributed by atoms with E-state index in [9.17, 15) is 14.4 Å². The number of amides is 1. The number of carbonyl (C=O) groups is 2. The molecule has 0 fully saturated rings. The van der Waals surface area contributed by atoms with Gasteiger partial charge in [0.15, 0.2) is 0 Å². The number of hydrogen-bond donors (Lipinski definition) is 1. The average Bonchev–Trinajstić information content (AvgIpc) is 3.07. The first kappa shape index (κ1) is 17.8. The van der Waals surface area contributed by atoms with Crippen LogP contribution in [0.2, 0.25) is 0 Å². The molecule has 0 unspecified atom stereocenters. The van der Waals surface area contributed by atoms with Crippen LogP contribution >= 0.6 is 0 Å². The van der Waals surface area contributed by atoms with Gasteiger partial charge in [0.2, 0.25) is 5.91 Å². The van der Waals surface area contributed by atoms with Gasteiger partial charge < -0.3 is 10.1 Å². The quantitative estimate of drug-likeness (QED) is 0.827. The van der Waals surface area contributed by atoms with Gasteiger partial charge in [-0.05, 0) is 51.3 Å². The minimum absolute atomic E-state index is 0.116. The summed E-state index contributed by atoms with van der Waals surface area (Å²) in [6, 6.07) is 6.51. The summed E-state index contributed by atoms with van der Waals surface area (Å²) >= 11 is 0. The van der Waals surface area contributed by atoms with Crippen molar-refractivity contribution in [2.75, 3.05) is 11.9 Å². The van der Waals surface area contributed by atoms with Gasteiger partial charge in [-0.15, -0.1) is 0 Å². The molecule has 0 saturated heterocycles. The predicted octanol–water partition coefficient (Wildman–Crippen LogP) is 1.86. The molecular weight excluding hydrogens is 334 g/mol. The second kappa shape index (κ2) is 7.51. The fourth-order valence-electron chi connectivity index (χ4n) is 3.12. The molecule has 0 atom stereocenters. The number of ether oxygens (including phenoxy) is 1. The van der Waals surface area contributed by atoms with Crippen molar-refractivity contribution in [1.82, 2.24) is 9.55 Å². The van der Waals surface area contributed by atoms with Crippen molar-refractivity contribution in [3.63, 3.8) is 0 Å². The molecule has 1 aliphatic rings. The topological polar surface area (TPSA) is 90.3 Å². The minimum Gasteiger partial charge on any atom is -0.462 e. The van der Waals surface area contributed by atoms with Crippen molar-refractivity contribution >= 4 is 17.6 Å². The van der Waals surface area contributed by atoms with Crippen LogP contribution in [0.1, 0.15) is 40.8 Å². The Labute approximate surface area is 151 Å². The van der Waals surface area contributed by atoms with Gasteiger partial charge in [0.25, 0.3) is 5.56 Å². The maximum atomic E-state index is 12.6. The number of carbonyl (C=O) groups excluding carboxylic acids is 2. The van der Waals surface area contributed by atoms with Crippen molar-refractivity contribution < 1.29 is 14.3 Å². The highest BCUT2D eigenvalue weighted by molar-refractivity contribution is 5.94. The van der Waals surface area contributed by atoms with Crippen LogP contribution in [-0.4, -0.2) is 28.0 Å². The average molecular weight is 355 g/mol. The number of aromatic nitrogens is 2. The van der Waals surface area contributed by atoms with E-state index in [0.717, 1.165) is 18.5 Å². The van der Waals surface area contributed by atoms with E-state index in [4.69, 9.17) is 4.74 Å². The minimum atomic E-state index is -0.446. The van der Waals surface area contributed by atoms with Crippen molar-refractivity contribution in [1.29, 1.82) is 0 Å². The van der Waals surface area contributed by atoms with Gasteiger partial charge in [0, 0.05) is 11.3 Å². The maximum absolute atomic E-state index is 12.6. The molecule has 1 aromatic heterocycles.